The first-order chi connectivity index (χ1) is 12.1. The number of Topliss-reactive ketones (excluding diaryl/α,β-unsaturated/α-hetero) is 1. The molecule has 0 spiro atoms. The summed E-state index contributed by atoms with van der Waals surface area (Å²) in [6, 6.07) is 0. The van der Waals surface area contributed by atoms with Crippen molar-refractivity contribution in [2.24, 2.45) is 28.6 Å². The van der Waals surface area contributed by atoms with Crippen LogP contribution in [0.4, 0.5) is 0 Å². The van der Waals surface area contributed by atoms with Crippen molar-refractivity contribution in [3.63, 3.8) is 0 Å². The number of fused-ring (bicyclic) bond motifs is 5. The van der Waals surface area contributed by atoms with Crippen molar-refractivity contribution in [1.82, 2.24) is 0 Å². The van der Waals surface area contributed by atoms with Gasteiger partial charge < -0.3 is 5.11 Å². The molecule has 3 fully saturated rings. The number of ketones is 2. The molecule has 144 valence electrons. The van der Waals surface area contributed by atoms with E-state index < -0.39 is 9.34 Å². The third kappa shape index (κ3) is 2.45. The van der Waals surface area contributed by atoms with Gasteiger partial charge in [-0.25, -0.2) is 0 Å². The average Bonchev–Trinajstić information content (AvgIpc) is 2.87. The van der Waals surface area contributed by atoms with E-state index in [4.69, 9.17) is 0 Å². The van der Waals surface area contributed by atoms with E-state index in [1.807, 2.05) is 6.08 Å². The van der Waals surface area contributed by atoms with Crippen LogP contribution < -0.4 is 0 Å². The quantitative estimate of drug-likeness (QED) is 0.561. The molecule has 0 heterocycles. The van der Waals surface area contributed by atoms with Crippen molar-refractivity contribution in [2.45, 2.75) is 74.6 Å². The topological polar surface area (TPSA) is 54.4 Å². The van der Waals surface area contributed by atoms with Crippen LogP contribution in [0.2, 0.25) is 0 Å². The van der Waals surface area contributed by atoms with E-state index in [0.717, 1.165) is 38.5 Å². The van der Waals surface area contributed by atoms with Gasteiger partial charge in [0.25, 0.3) is 0 Å². The van der Waals surface area contributed by atoms with Gasteiger partial charge in [-0.1, -0.05) is 51.3 Å². The fraction of sp³-hybridized carbons (Fsp3) is 0.810. The maximum Gasteiger partial charge on any atom is 0.189 e. The lowest BCUT2D eigenvalue weighted by molar-refractivity contribution is -0.160. The van der Waals surface area contributed by atoms with E-state index in [2.05, 4.69) is 45.7 Å². The molecule has 3 nitrogen and oxygen atoms in total. The fourth-order valence-corrected chi connectivity index (χ4v) is 7.92. The number of hydrogen-bond donors (Lipinski definition) is 1. The van der Waals surface area contributed by atoms with E-state index in [9.17, 15) is 14.7 Å². The van der Waals surface area contributed by atoms with Gasteiger partial charge in [0.05, 0.1) is 0 Å². The van der Waals surface area contributed by atoms with Crippen molar-refractivity contribution < 1.29 is 14.7 Å². The van der Waals surface area contributed by atoms with E-state index in [-0.39, 0.29) is 22.4 Å². The molecule has 0 aliphatic heterocycles. The van der Waals surface area contributed by atoms with Crippen LogP contribution in [0.3, 0.4) is 0 Å². The molecule has 0 saturated heterocycles. The zero-order chi connectivity index (χ0) is 18.9. The highest BCUT2D eigenvalue weighted by molar-refractivity contribution is 9.25. The number of alkyl halides is 2. The Kier molecular flexibility index (Phi) is 4.64. The van der Waals surface area contributed by atoms with E-state index in [1.165, 1.54) is 5.57 Å². The molecule has 26 heavy (non-hydrogen) atoms. The zero-order valence-corrected chi connectivity index (χ0v) is 18.7. The number of carbonyl (C=O) groups is 2. The van der Waals surface area contributed by atoms with Crippen LogP contribution in [0.5, 0.6) is 0 Å². The standard InChI is InChI=1S/C21H28Br2O3/c1-19-8-5-13(24)11-12(19)3-4-14-15(19)6-9-20(2)16(14)7-10-21(20,26)17(25)18(22)23/h11,14-16,18,26H,3-10H2,1-2H3/t14-,15+,16+,19+,20+,21+/m1/s1. The first-order valence-corrected chi connectivity index (χ1v) is 11.8. The lowest BCUT2D eigenvalue weighted by Gasteiger charge is -2.59. The molecule has 1 N–H and O–H groups in total. The molecule has 4 rings (SSSR count). The smallest absolute Gasteiger partial charge is 0.189 e. The Morgan fingerprint density at radius 1 is 1.12 bits per heavy atom. The van der Waals surface area contributed by atoms with Crippen LogP contribution in [0.1, 0.15) is 65.2 Å². The molecule has 0 aromatic carbocycles. The summed E-state index contributed by atoms with van der Waals surface area (Å²) in [7, 11) is 0. The Labute approximate surface area is 172 Å². The second kappa shape index (κ2) is 6.25. The van der Waals surface area contributed by atoms with Crippen LogP contribution in [0.15, 0.2) is 11.6 Å². The third-order valence-electron chi connectivity index (χ3n) is 8.72. The Morgan fingerprint density at radius 2 is 1.81 bits per heavy atom. The summed E-state index contributed by atoms with van der Waals surface area (Å²) >= 11 is 6.64. The maximum atomic E-state index is 12.8. The molecule has 3 saturated carbocycles. The summed E-state index contributed by atoms with van der Waals surface area (Å²) in [5, 5.41) is 11.4. The van der Waals surface area contributed by atoms with Crippen molar-refractivity contribution in [3.05, 3.63) is 11.6 Å². The second-order valence-corrected chi connectivity index (χ2v) is 12.5. The lowest BCUT2D eigenvalue weighted by atomic mass is 9.46. The lowest BCUT2D eigenvalue weighted by Crippen LogP contribution is -2.58. The summed E-state index contributed by atoms with van der Waals surface area (Å²) in [6.45, 7) is 4.52. The van der Waals surface area contributed by atoms with Crippen LogP contribution in [0, 0.1) is 28.6 Å². The van der Waals surface area contributed by atoms with Crippen molar-refractivity contribution in [1.29, 1.82) is 0 Å². The summed E-state index contributed by atoms with van der Waals surface area (Å²) in [5.74, 6) is 1.69. The first-order valence-electron chi connectivity index (χ1n) is 9.92. The molecule has 4 aliphatic rings. The summed E-state index contributed by atoms with van der Waals surface area (Å²) in [5.41, 5.74) is -0.0765. The van der Waals surface area contributed by atoms with E-state index >= 15 is 0 Å². The highest BCUT2D eigenvalue weighted by Crippen LogP contribution is 2.67. The average molecular weight is 488 g/mol. The Hall–Kier alpha value is -0.000000000000000222. The monoisotopic (exact) mass is 486 g/mol. The van der Waals surface area contributed by atoms with Gasteiger partial charge in [-0.05, 0) is 74.2 Å². The van der Waals surface area contributed by atoms with Crippen LogP contribution in [0.25, 0.3) is 0 Å². The van der Waals surface area contributed by atoms with Crippen LogP contribution in [-0.4, -0.2) is 26.0 Å². The second-order valence-electron chi connectivity index (χ2n) is 9.49. The SMILES string of the molecule is C[C@]12CCC(=O)C=C1CC[C@@H]1[C@@H]2CC[C@@]2(C)[C@H]1CC[C@]2(O)C(=O)C(Br)Br. The molecule has 5 heteroatoms. The minimum absolute atomic E-state index is 0.119. The van der Waals surface area contributed by atoms with Gasteiger partial charge in [0.15, 0.2) is 11.6 Å². The Bertz CT molecular complexity index is 687. The molecule has 0 bridgehead atoms. The van der Waals surface area contributed by atoms with E-state index in [1.54, 1.807) is 0 Å². The number of carbonyl (C=O) groups excluding carboxylic acids is 2. The molecule has 0 aromatic rings. The Balaban J connectivity index is 1.68. The summed E-state index contributed by atoms with van der Waals surface area (Å²) in [6.07, 6.45) is 9.11. The van der Waals surface area contributed by atoms with Crippen molar-refractivity contribution in [2.75, 3.05) is 0 Å². The normalized spacial score (nSPS) is 47.8. The molecular formula is C21H28Br2O3. The van der Waals surface area contributed by atoms with E-state index in [0.29, 0.717) is 30.6 Å². The van der Waals surface area contributed by atoms with Gasteiger partial charge in [-0.3, -0.25) is 9.59 Å². The maximum absolute atomic E-state index is 12.8. The largest absolute Gasteiger partial charge is 0.381 e. The highest BCUT2D eigenvalue weighted by Gasteiger charge is 2.66. The molecule has 4 aliphatic carbocycles. The van der Waals surface area contributed by atoms with Crippen molar-refractivity contribution in [3.8, 4) is 0 Å². The number of hydrogen-bond acceptors (Lipinski definition) is 3. The van der Waals surface area contributed by atoms with Crippen LogP contribution >= 0.6 is 31.9 Å². The predicted molar refractivity (Wildman–Crippen MR) is 108 cm³/mol. The molecule has 0 amide bonds. The van der Waals surface area contributed by atoms with Gasteiger partial charge in [0.2, 0.25) is 0 Å². The van der Waals surface area contributed by atoms with Gasteiger partial charge in [-0.15, -0.1) is 0 Å². The zero-order valence-electron chi connectivity index (χ0n) is 15.6. The minimum atomic E-state index is -1.24. The number of allylic oxidation sites excluding steroid dienone is 1. The molecule has 0 unspecified atom stereocenters. The predicted octanol–water partition coefficient (Wildman–Crippen LogP) is 4.93. The molecule has 6 atom stereocenters. The van der Waals surface area contributed by atoms with Crippen LogP contribution in [-0.2, 0) is 9.59 Å². The van der Waals surface area contributed by atoms with Gasteiger partial charge in [0.1, 0.15) is 9.34 Å². The summed E-state index contributed by atoms with van der Waals surface area (Å²) < 4.78 is -0.490. The first kappa shape index (κ1) is 19.3. The minimum Gasteiger partial charge on any atom is -0.381 e. The highest BCUT2D eigenvalue weighted by atomic mass is 79.9. The Morgan fingerprint density at radius 3 is 2.50 bits per heavy atom. The van der Waals surface area contributed by atoms with Gasteiger partial charge in [0, 0.05) is 11.8 Å². The van der Waals surface area contributed by atoms with Crippen molar-refractivity contribution >= 4 is 43.4 Å². The molecular weight excluding hydrogens is 460 g/mol. The molecule has 0 aromatic heterocycles. The third-order valence-corrected chi connectivity index (χ3v) is 9.55. The van der Waals surface area contributed by atoms with Gasteiger partial charge in [-0.2, -0.15) is 0 Å². The molecule has 0 radical (unpaired) electrons. The number of rotatable bonds is 2. The summed E-state index contributed by atoms with van der Waals surface area (Å²) in [4.78, 5) is 24.7. The number of aliphatic hydroxyl groups is 1. The number of halogens is 2. The fourth-order valence-electron chi connectivity index (χ4n) is 7.16. The van der Waals surface area contributed by atoms with Gasteiger partial charge >= 0.3 is 0 Å².